The topological polar surface area (TPSA) is 86.6 Å². The monoisotopic (exact) mass is 377 g/mol. The van der Waals surface area contributed by atoms with Crippen LogP contribution in [0.15, 0.2) is 45.8 Å². The summed E-state index contributed by atoms with van der Waals surface area (Å²) in [6.45, 7) is 0. The van der Waals surface area contributed by atoms with Gasteiger partial charge in [-0.3, -0.25) is 4.72 Å². The first-order valence-corrected chi connectivity index (χ1v) is 7.95. The van der Waals surface area contributed by atoms with Crippen LogP contribution in [0.4, 0.5) is 5.69 Å². The Labute approximate surface area is 129 Å². The van der Waals surface area contributed by atoms with Crippen molar-refractivity contribution in [2.75, 3.05) is 4.72 Å². The number of nitrogens with one attached hydrogen (secondary N) is 1. The lowest BCUT2D eigenvalue weighted by atomic mass is 10.3. The van der Waals surface area contributed by atoms with Crippen LogP contribution >= 0.6 is 27.5 Å². The molecule has 20 heavy (non-hydrogen) atoms. The van der Waals surface area contributed by atoms with Gasteiger partial charge in [-0.25, -0.2) is 8.42 Å². The summed E-state index contributed by atoms with van der Waals surface area (Å²) in [6, 6.07) is 7.95. The molecule has 0 aliphatic heterocycles. The van der Waals surface area contributed by atoms with Gasteiger partial charge in [0, 0.05) is 9.50 Å². The van der Waals surface area contributed by atoms with Crippen LogP contribution in [-0.4, -0.2) is 18.6 Å². The summed E-state index contributed by atoms with van der Waals surface area (Å²) in [4.78, 5) is -0.314. The third kappa shape index (κ3) is 3.17. The van der Waals surface area contributed by atoms with Crippen molar-refractivity contribution in [3.05, 3.63) is 45.9 Å². The zero-order chi connectivity index (χ0) is 14.9. The van der Waals surface area contributed by atoms with Gasteiger partial charge in [-0.15, -0.1) is 0 Å². The number of anilines is 1. The molecule has 2 aromatic carbocycles. The molecule has 0 atom stereocenters. The molecule has 0 fully saturated rings. The zero-order valence-electron chi connectivity index (χ0n) is 9.84. The molecular weight excluding hydrogens is 370 g/mol. The van der Waals surface area contributed by atoms with Gasteiger partial charge in [0.25, 0.3) is 10.0 Å². The summed E-state index contributed by atoms with van der Waals surface area (Å²) >= 11 is 8.87. The van der Waals surface area contributed by atoms with Gasteiger partial charge >= 0.3 is 0 Å². The highest BCUT2D eigenvalue weighted by molar-refractivity contribution is 9.10. The highest BCUT2D eigenvalue weighted by Crippen LogP contribution is 2.32. The summed E-state index contributed by atoms with van der Waals surface area (Å²) < 4.78 is 27.0. The maximum atomic E-state index is 12.2. The minimum Gasteiger partial charge on any atom is -0.507 e. The lowest BCUT2D eigenvalue weighted by Crippen LogP contribution is -2.13. The Hall–Kier alpha value is -1.44. The molecule has 5 nitrogen and oxygen atoms in total. The number of rotatable bonds is 3. The van der Waals surface area contributed by atoms with Crippen molar-refractivity contribution in [1.29, 1.82) is 0 Å². The molecule has 2 rings (SSSR count). The number of phenolic OH excluding ortho intramolecular Hbond substituents is 2. The Morgan fingerprint density at radius 3 is 2.40 bits per heavy atom. The van der Waals surface area contributed by atoms with E-state index in [4.69, 9.17) is 11.6 Å². The van der Waals surface area contributed by atoms with Crippen molar-refractivity contribution in [3.8, 4) is 11.5 Å². The number of aromatic hydroxyl groups is 2. The van der Waals surface area contributed by atoms with Crippen LogP contribution < -0.4 is 4.72 Å². The van der Waals surface area contributed by atoms with Gasteiger partial charge in [-0.2, -0.15) is 0 Å². The molecule has 8 heteroatoms. The Morgan fingerprint density at radius 2 is 1.70 bits per heavy atom. The Bertz CT molecular complexity index is 764. The van der Waals surface area contributed by atoms with Crippen molar-refractivity contribution in [1.82, 2.24) is 0 Å². The number of hydrogen-bond donors (Lipinski definition) is 3. The molecule has 0 aromatic heterocycles. The van der Waals surface area contributed by atoms with E-state index in [1.807, 2.05) is 0 Å². The predicted octanol–water partition coefficient (Wildman–Crippen LogP) is 3.31. The highest BCUT2D eigenvalue weighted by atomic mass is 79.9. The summed E-state index contributed by atoms with van der Waals surface area (Å²) in [6.07, 6.45) is 0. The number of hydrogen-bond acceptors (Lipinski definition) is 4. The van der Waals surface area contributed by atoms with Gasteiger partial charge in [-0.1, -0.05) is 27.5 Å². The Kier molecular flexibility index (Phi) is 4.12. The molecule has 0 heterocycles. The first-order valence-electron chi connectivity index (χ1n) is 5.29. The summed E-state index contributed by atoms with van der Waals surface area (Å²) in [5.74, 6) is -0.672. The molecule has 0 saturated heterocycles. The van der Waals surface area contributed by atoms with Gasteiger partial charge in [0.15, 0.2) is 0 Å². The van der Waals surface area contributed by atoms with Crippen molar-refractivity contribution in [2.24, 2.45) is 0 Å². The van der Waals surface area contributed by atoms with Crippen LogP contribution in [-0.2, 0) is 10.0 Å². The minimum absolute atomic E-state index is 0.0723. The largest absolute Gasteiger partial charge is 0.507 e. The van der Waals surface area contributed by atoms with Crippen LogP contribution in [0.5, 0.6) is 11.5 Å². The molecule has 0 saturated carbocycles. The predicted molar refractivity (Wildman–Crippen MR) is 79.7 cm³/mol. The van der Waals surface area contributed by atoms with Crippen molar-refractivity contribution in [2.45, 2.75) is 4.90 Å². The standard InChI is InChI=1S/C12H9BrClNO4S/c13-7-1-3-11(17)12(5-7)20(18,19)15-9-6-8(14)2-4-10(9)16/h1-6,15-17H. The maximum absolute atomic E-state index is 12.2. The zero-order valence-corrected chi connectivity index (χ0v) is 13.0. The molecule has 0 aliphatic carbocycles. The van der Waals surface area contributed by atoms with Crippen molar-refractivity contribution in [3.63, 3.8) is 0 Å². The fraction of sp³-hybridized carbons (Fsp3) is 0. The molecule has 0 unspecified atom stereocenters. The van der Waals surface area contributed by atoms with E-state index in [1.165, 1.54) is 36.4 Å². The van der Waals surface area contributed by atoms with Gasteiger partial charge in [-0.05, 0) is 36.4 Å². The van der Waals surface area contributed by atoms with Crippen molar-refractivity contribution < 1.29 is 18.6 Å². The van der Waals surface area contributed by atoms with E-state index >= 15 is 0 Å². The van der Waals surface area contributed by atoms with Gasteiger partial charge in [0.05, 0.1) is 5.69 Å². The molecule has 0 amide bonds. The lowest BCUT2D eigenvalue weighted by Gasteiger charge is -2.11. The van der Waals surface area contributed by atoms with E-state index < -0.39 is 15.8 Å². The Morgan fingerprint density at radius 1 is 1.05 bits per heavy atom. The van der Waals surface area contributed by atoms with E-state index in [0.717, 1.165) is 0 Å². The van der Waals surface area contributed by atoms with E-state index in [-0.39, 0.29) is 21.4 Å². The Balaban J connectivity index is 2.46. The van der Waals surface area contributed by atoms with Gasteiger partial charge < -0.3 is 10.2 Å². The summed E-state index contributed by atoms with van der Waals surface area (Å²) in [7, 11) is -4.05. The molecule has 0 aliphatic rings. The molecule has 3 N–H and O–H groups in total. The first-order chi connectivity index (χ1) is 9.29. The third-order valence-corrected chi connectivity index (χ3v) is 4.54. The van der Waals surface area contributed by atoms with E-state index in [1.54, 1.807) is 0 Å². The fourth-order valence-electron chi connectivity index (χ4n) is 1.49. The normalized spacial score (nSPS) is 11.3. The smallest absolute Gasteiger partial charge is 0.265 e. The van der Waals surface area contributed by atoms with E-state index in [9.17, 15) is 18.6 Å². The average molecular weight is 379 g/mol. The summed E-state index contributed by atoms with van der Waals surface area (Å²) in [5, 5.41) is 19.5. The lowest BCUT2D eigenvalue weighted by molar-refractivity contribution is 0.458. The molecular formula is C12H9BrClNO4S. The van der Waals surface area contributed by atoms with Crippen LogP contribution in [0, 0.1) is 0 Å². The van der Waals surface area contributed by atoms with E-state index in [0.29, 0.717) is 4.47 Å². The number of halogens is 2. The maximum Gasteiger partial charge on any atom is 0.265 e. The van der Waals surface area contributed by atoms with Crippen LogP contribution in [0.1, 0.15) is 0 Å². The number of sulfonamides is 1. The third-order valence-electron chi connectivity index (χ3n) is 2.41. The molecule has 0 radical (unpaired) electrons. The van der Waals surface area contributed by atoms with Crippen LogP contribution in [0.3, 0.4) is 0 Å². The molecule has 2 aromatic rings. The number of phenols is 2. The molecule has 0 bridgehead atoms. The van der Waals surface area contributed by atoms with Gasteiger partial charge in [0.1, 0.15) is 16.4 Å². The SMILES string of the molecule is O=S(=O)(Nc1cc(Cl)ccc1O)c1cc(Br)ccc1O. The average Bonchev–Trinajstić information content (AvgIpc) is 2.36. The quantitative estimate of drug-likeness (QED) is 0.715. The molecule has 0 spiro atoms. The summed E-state index contributed by atoms with van der Waals surface area (Å²) in [5.41, 5.74) is -0.0723. The van der Waals surface area contributed by atoms with E-state index in [2.05, 4.69) is 20.7 Å². The second-order valence-electron chi connectivity index (χ2n) is 3.88. The second-order valence-corrected chi connectivity index (χ2v) is 6.88. The van der Waals surface area contributed by atoms with Crippen LogP contribution in [0.2, 0.25) is 5.02 Å². The molecule has 106 valence electrons. The van der Waals surface area contributed by atoms with Crippen molar-refractivity contribution >= 4 is 43.2 Å². The number of benzene rings is 2. The highest BCUT2D eigenvalue weighted by Gasteiger charge is 2.20. The van der Waals surface area contributed by atoms with Gasteiger partial charge in [0.2, 0.25) is 0 Å². The fourth-order valence-corrected chi connectivity index (χ4v) is 3.37. The first kappa shape index (κ1) is 15.0. The minimum atomic E-state index is -4.05. The second kappa shape index (κ2) is 5.51. The van der Waals surface area contributed by atoms with Crippen LogP contribution in [0.25, 0.3) is 0 Å².